The summed E-state index contributed by atoms with van der Waals surface area (Å²) in [6.45, 7) is 4.10. The first-order valence-electron chi connectivity index (χ1n) is 5.18. The van der Waals surface area contributed by atoms with E-state index in [9.17, 15) is 4.21 Å². The monoisotopic (exact) mass is 244 g/mol. The van der Waals surface area contributed by atoms with E-state index in [4.69, 9.17) is 11.6 Å². The molecule has 0 amide bonds. The summed E-state index contributed by atoms with van der Waals surface area (Å²) in [4.78, 5) is 0. The highest BCUT2D eigenvalue weighted by Gasteiger charge is 2.08. The summed E-state index contributed by atoms with van der Waals surface area (Å²) in [5.41, 5.74) is 2.23. The van der Waals surface area contributed by atoms with Crippen LogP contribution in [0.25, 0.3) is 0 Å². The average molecular weight is 245 g/mol. The summed E-state index contributed by atoms with van der Waals surface area (Å²) in [6.07, 6.45) is 0.965. The van der Waals surface area contributed by atoms with Crippen molar-refractivity contribution in [1.29, 1.82) is 0 Å². The molecule has 0 fully saturated rings. The third kappa shape index (κ3) is 3.96. The molecule has 2 atom stereocenters. The summed E-state index contributed by atoms with van der Waals surface area (Å²) in [6, 6.07) is 8.02. The molecule has 0 aliphatic heterocycles. The van der Waals surface area contributed by atoms with Crippen LogP contribution in [0.2, 0.25) is 0 Å². The molecule has 0 bridgehead atoms. The van der Waals surface area contributed by atoms with E-state index in [0.29, 0.717) is 11.6 Å². The van der Waals surface area contributed by atoms with E-state index in [1.54, 1.807) is 0 Å². The Balaban J connectivity index is 2.61. The summed E-state index contributed by atoms with van der Waals surface area (Å²) in [5.74, 6) is 1.19. The summed E-state index contributed by atoms with van der Waals surface area (Å²) >= 11 is 5.70. The zero-order valence-electron chi connectivity index (χ0n) is 9.20. The van der Waals surface area contributed by atoms with Gasteiger partial charge in [0.05, 0.1) is 0 Å². The average Bonchev–Trinajstić information content (AvgIpc) is 2.29. The minimum Gasteiger partial charge on any atom is -0.259 e. The predicted octanol–water partition coefficient (Wildman–Crippen LogP) is 3.47. The van der Waals surface area contributed by atoms with Gasteiger partial charge in [0.15, 0.2) is 0 Å². The fraction of sp³-hybridized carbons (Fsp3) is 0.500. The molecule has 0 spiro atoms. The minimum atomic E-state index is -0.757. The molecule has 1 aromatic rings. The molecule has 1 rings (SSSR count). The third-order valence-corrected chi connectivity index (χ3v) is 4.67. The molecule has 0 aliphatic rings. The first kappa shape index (κ1) is 12.7. The number of hydrogen-bond acceptors (Lipinski definition) is 1. The lowest BCUT2D eigenvalue weighted by Gasteiger charge is -2.08. The highest BCUT2D eigenvalue weighted by atomic mass is 35.5. The van der Waals surface area contributed by atoms with Crippen LogP contribution >= 0.6 is 11.6 Å². The molecule has 15 heavy (non-hydrogen) atoms. The van der Waals surface area contributed by atoms with Crippen molar-refractivity contribution < 1.29 is 4.21 Å². The molecule has 0 aliphatic carbocycles. The second-order valence-electron chi connectivity index (χ2n) is 3.69. The van der Waals surface area contributed by atoms with Gasteiger partial charge in [0.2, 0.25) is 0 Å². The van der Waals surface area contributed by atoms with Crippen LogP contribution in [0.15, 0.2) is 24.3 Å². The largest absolute Gasteiger partial charge is 0.259 e. The van der Waals surface area contributed by atoms with Crippen LogP contribution in [0.3, 0.4) is 0 Å². The summed E-state index contributed by atoms with van der Waals surface area (Å²) < 4.78 is 11.8. The molecule has 2 unspecified atom stereocenters. The minimum absolute atomic E-state index is 0.276. The maximum absolute atomic E-state index is 11.8. The molecule has 0 heterocycles. The van der Waals surface area contributed by atoms with Crippen LogP contribution in [0.1, 0.15) is 31.4 Å². The van der Waals surface area contributed by atoms with Crippen molar-refractivity contribution in [3.8, 4) is 0 Å². The SMILES string of the molecule is CCC(C)S(=O)Cc1ccc(CCl)cc1. The van der Waals surface area contributed by atoms with Gasteiger partial charge >= 0.3 is 0 Å². The topological polar surface area (TPSA) is 17.1 Å². The van der Waals surface area contributed by atoms with Crippen molar-refractivity contribution in [2.24, 2.45) is 0 Å². The Morgan fingerprint density at radius 2 is 1.80 bits per heavy atom. The van der Waals surface area contributed by atoms with Gasteiger partial charge in [-0.05, 0) is 17.5 Å². The number of hydrogen-bond donors (Lipinski definition) is 0. The Morgan fingerprint density at radius 1 is 1.27 bits per heavy atom. The van der Waals surface area contributed by atoms with Crippen LogP contribution in [0.5, 0.6) is 0 Å². The van der Waals surface area contributed by atoms with Gasteiger partial charge in [0.25, 0.3) is 0 Å². The lowest BCUT2D eigenvalue weighted by Crippen LogP contribution is -2.11. The van der Waals surface area contributed by atoms with Crippen LogP contribution in [0.4, 0.5) is 0 Å². The normalized spacial score (nSPS) is 14.9. The maximum atomic E-state index is 11.8. The standard InChI is InChI=1S/C12H17ClOS/c1-3-10(2)15(14)9-12-6-4-11(8-13)5-7-12/h4-7,10H,3,8-9H2,1-2H3. The molecule has 3 heteroatoms. The fourth-order valence-corrected chi connectivity index (χ4v) is 2.57. The van der Waals surface area contributed by atoms with E-state index >= 15 is 0 Å². The smallest absolute Gasteiger partial charge is 0.0488 e. The Morgan fingerprint density at radius 3 is 2.27 bits per heavy atom. The molecule has 84 valence electrons. The Labute approximate surface area is 99.3 Å². The molecule has 0 radical (unpaired) electrons. The van der Waals surface area contributed by atoms with Crippen LogP contribution in [0, 0.1) is 0 Å². The Kier molecular flexibility index (Phi) is 5.34. The molecule has 0 saturated heterocycles. The molecular formula is C12H17ClOS. The number of alkyl halides is 1. The predicted molar refractivity (Wildman–Crippen MR) is 67.6 cm³/mol. The lowest BCUT2D eigenvalue weighted by atomic mass is 10.2. The maximum Gasteiger partial charge on any atom is 0.0488 e. The van der Waals surface area contributed by atoms with Crippen LogP contribution < -0.4 is 0 Å². The lowest BCUT2D eigenvalue weighted by molar-refractivity contribution is 0.669. The van der Waals surface area contributed by atoms with Gasteiger partial charge in [-0.1, -0.05) is 38.1 Å². The quantitative estimate of drug-likeness (QED) is 0.725. The van der Waals surface area contributed by atoms with E-state index < -0.39 is 10.8 Å². The molecule has 0 N–H and O–H groups in total. The zero-order valence-corrected chi connectivity index (χ0v) is 10.8. The van der Waals surface area contributed by atoms with Gasteiger partial charge in [-0.15, -0.1) is 11.6 Å². The molecule has 1 aromatic carbocycles. The first-order chi connectivity index (χ1) is 7.17. The van der Waals surface area contributed by atoms with Gasteiger partial charge < -0.3 is 0 Å². The molecule has 1 nitrogen and oxygen atoms in total. The first-order valence-corrected chi connectivity index (χ1v) is 7.10. The van der Waals surface area contributed by atoms with Gasteiger partial charge in [-0.3, -0.25) is 4.21 Å². The molecular weight excluding hydrogens is 228 g/mol. The van der Waals surface area contributed by atoms with Crippen molar-refractivity contribution in [2.75, 3.05) is 0 Å². The fourth-order valence-electron chi connectivity index (χ4n) is 1.22. The van der Waals surface area contributed by atoms with Crippen LogP contribution in [-0.4, -0.2) is 9.46 Å². The van der Waals surface area contributed by atoms with Crippen molar-refractivity contribution in [3.63, 3.8) is 0 Å². The highest BCUT2D eigenvalue weighted by Crippen LogP contribution is 2.11. The van der Waals surface area contributed by atoms with Gasteiger partial charge in [0.1, 0.15) is 0 Å². The Bertz CT molecular complexity index is 321. The van der Waals surface area contributed by atoms with E-state index in [0.717, 1.165) is 17.5 Å². The Hall–Kier alpha value is -0.340. The molecule has 0 aromatic heterocycles. The van der Waals surface area contributed by atoms with E-state index in [1.165, 1.54) is 0 Å². The molecule has 0 saturated carbocycles. The highest BCUT2D eigenvalue weighted by molar-refractivity contribution is 7.84. The van der Waals surface area contributed by atoms with Crippen molar-refractivity contribution in [2.45, 2.75) is 37.2 Å². The van der Waals surface area contributed by atoms with Crippen molar-refractivity contribution >= 4 is 22.4 Å². The second-order valence-corrected chi connectivity index (χ2v) is 5.82. The van der Waals surface area contributed by atoms with Gasteiger partial charge in [-0.25, -0.2) is 0 Å². The summed E-state index contributed by atoms with van der Waals surface area (Å²) in [7, 11) is -0.757. The zero-order chi connectivity index (χ0) is 11.3. The third-order valence-electron chi connectivity index (χ3n) is 2.51. The van der Waals surface area contributed by atoms with Gasteiger partial charge in [-0.2, -0.15) is 0 Å². The van der Waals surface area contributed by atoms with Crippen molar-refractivity contribution in [1.82, 2.24) is 0 Å². The van der Waals surface area contributed by atoms with E-state index in [-0.39, 0.29) is 5.25 Å². The van der Waals surface area contributed by atoms with Crippen LogP contribution in [-0.2, 0) is 22.4 Å². The number of halogens is 1. The summed E-state index contributed by atoms with van der Waals surface area (Å²) in [5, 5.41) is 0.276. The second kappa shape index (κ2) is 6.29. The number of benzene rings is 1. The van der Waals surface area contributed by atoms with E-state index in [1.807, 2.05) is 31.2 Å². The van der Waals surface area contributed by atoms with Gasteiger partial charge in [0, 0.05) is 27.7 Å². The van der Waals surface area contributed by atoms with E-state index in [2.05, 4.69) is 6.92 Å². The van der Waals surface area contributed by atoms with Crippen molar-refractivity contribution in [3.05, 3.63) is 35.4 Å². The number of rotatable bonds is 5.